The number of carbonyl (C=O) groups is 6. The van der Waals surface area contributed by atoms with Crippen molar-refractivity contribution < 1.29 is 61.9 Å². The number of methoxy groups -OCH3 is 1. The van der Waals surface area contributed by atoms with Crippen molar-refractivity contribution in [2.45, 2.75) is 59.3 Å². The molecule has 1 fully saturated rings. The summed E-state index contributed by atoms with van der Waals surface area (Å²) in [6.07, 6.45) is -1.38. The fourth-order valence-corrected chi connectivity index (χ4v) is 4.33. The molecule has 0 radical (unpaired) electrons. The third-order valence-electron chi connectivity index (χ3n) is 7.02. The maximum atomic E-state index is 13.4. The molecular formula is C33H40N2O13. The van der Waals surface area contributed by atoms with E-state index in [-0.39, 0.29) is 30.2 Å². The van der Waals surface area contributed by atoms with E-state index in [1.54, 1.807) is 58.0 Å². The Balaban J connectivity index is 1.80. The lowest BCUT2D eigenvalue weighted by molar-refractivity contribution is -0.177. The molecule has 48 heavy (non-hydrogen) atoms. The van der Waals surface area contributed by atoms with Crippen LogP contribution in [0, 0.1) is 17.8 Å². The summed E-state index contributed by atoms with van der Waals surface area (Å²) in [5.41, 5.74) is -0.0299. The Morgan fingerprint density at radius 3 is 2.29 bits per heavy atom. The Morgan fingerprint density at radius 1 is 0.958 bits per heavy atom. The Labute approximate surface area is 277 Å². The number of aromatic nitrogens is 1. The smallest absolute Gasteiger partial charge is 0.338 e. The van der Waals surface area contributed by atoms with Crippen LogP contribution in [0.1, 0.15) is 61.9 Å². The van der Waals surface area contributed by atoms with Crippen LogP contribution in [0.4, 0.5) is 0 Å². The van der Waals surface area contributed by atoms with Crippen molar-refractivity contribution in [3.63, 3.8) is 0 Å². The van der Waals surface area contributed by atoms with Crippen molar-refractivity contribution >= 4 is 35.8 Å². The quantitative estimate of drug-likeness (QED) is 0.185. The van der Waals surface area contributed by atoms with Crippen LogP contribution in [0.3, 0.4) is 0 Å². The Kier molecular flexibility index (Phi) is 13.7. The first-order chi connectivity index (χ1) is 22.8. The van der Waals surface area contributed by atoms with Gasteiger partial charge in [-0.3, -0.25) is 19.2 Å². The van der Waals surface area contributed by atoms with Crippen LogP contribution in [0.5, 0.6) is 11.5 Å². The molecule has 2 heterocycles. The van der Waals surface area contributed by atoms with Crippen LogP contribution in [0.2, 0.25) is 0 Å². The summed E-state index contributed by atoms with van der Waals surface area (Å²) < 4.78 is 37.7. The number of carbonyl (C=O) groups excluding carboxylic acids is 6. The molecule has 15 nitrogen and oxygen atoms in total. The summed E-state index contributed by atoms with van der Waals surface area (Å²) in [5, 5.41) is 2.42. The number of hydrogen-bond acceptors (Lipinski definition) is 14. The monoisotopic (exact) mass is 672 g/mol. The number of rotatable bonds is 13. The van der Waals surface area contributed by atoms with Crippen LogP contribution in [0.25, 0.3) is 0 Å². The number of benzene rings is 1. The molecule has 1 aliphatic rings. The van der Waals surface area contributed by atoms with Crippen LogP contribution >= 0.6 is 0 Å². The van der Waals surface area contributed by atoms with Crippen molar-refractivity contribution in [2.75, 3.05) is 27.1 Å². The van der Waals surface area contributed by atoms with E-state index < -0.39 is 85.2 Å². The number of ether oxygens (including phenoxy) is 7. The van der Waals surface area contributed by atoms with Gasteiger partial charge in [0, 0.05) is 12.3 Å². The van der Waals surface area contributed by atoms with Gasteiger partial charge in [0.05, 0.1) is 31.1 Å². The minimum absolute atomic E-state index is 0.0819. The molecule has 0 aliphatic carbocycles. The molecule has 0 spiro atoms. The van der Waals surface area contributed by atoms with Gasteiger partial charge in [-0.25, -0.2) is 14.6 Å². The van der Waals surface area contributed by atoms with Gasteiger partial charge in [-0.1, -0.05) is 45.9 Å². The number of cyclic esters (lactones) is 2. The van der Waals surface area contributed by atoms with Gasteiger partial charge in [0.25, 0.3) is 5.91 Å². The predicted octanol–water partition coefficient (Wildman–Crippen LogP) is 2.64. The van der Waals surface area contributed by atoms with E-state index in [4.69, 9.17) is 33.2 Å². The number of nitrogens with one attached hydrogen (secondary N) is 1. The van der Waals surface area contributed by atoms with Crippen molar-refractivity contribution in [2.24, 2.45) is 17.8 Å². The van der Waals surface area contributed by atoms with Gasteiger partial charge in [-0.15, -0.1) is 0 Å². The molecule has 0 saturated carbocycles. The molecule has 4 atom stereocenters. The molecular weight excluding hydrogens is 632 g/mol. The highest BCUT2D eigenvalue weighted by Gasteiger charge is 2.42. The SMILES string of the molecule is COc1ccnc(C(=O)NC2COC(=O)C(CCOC(=O)c3ccccc3)C(OC(=O)C(C)C)C(C)OC2=O)c1OCOC(=O)C(C)C. The lowest BCUT2D eigenvalue weighted by atomic mass is 9.94. The summed E-state index contributed by atoms with van der Waals surface area (Å²) in [6.45, 7) is 6.41. The van der Waals surface area contributed by atoms with E-state index in [1.807, 2.05) is 0 Å². The summed E-state index contributed by atoms with van der Waals surface area (Å²) in [5.74, 6) is -6.96. The summed E-state index contributed by atoms with van der Waals surface area (Å²) in [6, 6.07) is 8.09. The molecule has 1 saturated heterocycles. The van der Waals surface area contributed by atoms with E-state index >= 15 is 0 Å². The molecule has 15 heteroatoms. The fraction of sp³-hybridized carbons (Fsp3) is 0.485. The normalized spacial score (nSPS) is 19.5. The highest BCUT2D eigenvalue weighted by atomic mass is 16.7. The van der Waals surface area contributed by atoms with E-state index in [0.717, 1.165) is 0 Å². The minimum Gasteiger partial charge on any atom is -0.493 e. The molecule has 1 aliphatic heterocycles. The van der Waals surface area contributed by atoms with Gasteiger partial charge in [0.1, 0.15) is 18.6 Å². The predicted molar refractivity (Wildman–Crippen MR) is 165 cm³/mol. The zero-order chi connectivity index (χ0) is 35.4. The first-order valence-corrected chi connectivity index (χ1v) is 15.3. The van der Waals surface area contributed by atoms with E-state index in [9.17, 15) is 28.8 Å². The minimum atomic E-state index is -1.53. The Hall–Kier alpha value is -5.21. The van der Waals surface area contributed by atoms with Crippen LogP contribution in [-0.2, 0) is 42.9 Å². The highest BCUT2D eigenvalue weighted by molar-refractivity contribution is 5.98. The number of nitrogens with zero attached hydrogens (tertiary/aromatic N) is 1. The molecule has 1 amide bonds. The molecule has 3 rings (SSSR count). The molecule has 260 valence electrons. The third kappa shape index (κ3) is 10.1. The Morgan fingerprint density at radius 2 is 1.65 bits per heavy atom. The number of pyridine rings is 1. The lowest BCUT2D eigenvalue weighted by Gasteiger charge is -2.29. The van der Waals surface area contributed by atoms with E-state index in [0.29, 0.717) is 5.56 Å². The van der Waals surface area contributed by atoms with Gasteiger partial charge in [0.15, 0.2) is 29.3 Å². The summed E-state index contributed by atoms with van der Waals surface area (Å²) >= 11 is 0. The lowest BCUT2D eigenvalue weighted by Crippen LogP contribution is -2.47. The molecule has 0 bridgehead atoms. The first kappa shape index (κ1) is 37.2. The maximum absolute atomic E-state index is 13.4. The maximum Gasteiger partial charge on any atom is 0.338 e. The highest BCUT2D eigenvalue weighted by Crippen LogP contribution is 2.30. The first-order valence-electron chi connectivity index (χ1n) is 15.3. The molecule has 1 N–H and O–H groups in total. The van der Waals surface area contributed by atoms with Crippen LogP contribution in [-0.4, -0.2) is 86.1 Å². The Bertz CT molecular complexity index is 1460. The van der Waals surface area contributed by atoms with Gasteiger partial charge < -0.3 is 38.5 Å². The van der Waals surface area contributed by atoms with Crippen molar-refractivity contribution in [3.8, 4) is 11.5 Å². The molecule has 2 aromatic rings. The van der Waals surface area contributed by atoms with E-state index in [1.165, 1.54) is 26.3 Å². The zero-order valence-electron chi connectivity index (χ0n) is 27.6. The zero-order valence-corrected chi connectivity index (χ0v) is 27.6. The van der Waals surface area contributed by atoms with Crippen molar-refractivity contribution in [1.29, 1.82) is 0 Å². The second-order valence-corrected chi connectivity index (χ2v) is 11.3. The second-order valence-electron chi connectivity index (χ2n) is 11.3. The third-order valence-corrected chi connectivity index (χ3v) is 7.02. The molecule has 1 aromatic heterocycles. The van der Waals surface area contributed by atoms with Gasteiger partial charge in [-0.05, 0) is 25.5 Å². The number of amides is 1. The summed E-state index contributed by atoms with van der Waals surface area (Å²) in [4.78, 5) is 81.1. The average molecular weight is 673 g/mol. The van der Waals surface area contributed by atoms with Crippen LogP contribution in [0.15, 0.2) is 42.6 Å². The van der Waals surface area contributed by atoms with Gasteiger partial charge >= 0.3 is 29.8 Å². The topological polar surface area (TPSA) is 192 Å². The largest absolute Gasteiger partial charge is 0.493 e. The van der Waals surface area contributed by atoms with Gasteiger partial charge in [0.2, 0.25) is 6.79 Å². The van der Waals surface area contributed by atoms with Crippen molar-refractivity contribution in [3.05, 3.63) is 53.9 Å². The molecule has 1 aromatic carbocycles. The standard InChI is InChI=1S/C33H40N2O13/c1-18(2)29(37)46-17-45-27-24(42-6)12-14-34-25(27)28(36)35-23-16-44-32(40)22(13-15-43-31(39)21-10-8-7-9-11-21)26(20(5)47-33(23)41)48-30(38)19(3)4/h7-12,14,18-20,22-23,26H,13,15-17H2,1-6H3,(H,35,36). The molecule has 4 unspecified atom stereocenters. The van der Waals surface area contributed by atoms with Crippen molar-refractivity contribution in [1.82, 2.24) is 10.3 Å². The summed E-state index contributed by atoms with van der Waals surface area (Å²) in [7, 11) is 1.32. The van der Waals surface area contributed by atoms with Crippen LogP contribution < -0.4 is 14.8 Å². The number of esters is 5. The second kappa shape index (κ2) is 17.6. The van der Waals surface area contributed by atoms with Gasteiger partial charge in [-0.2, -0.15) is 0 Å². The number of hydrogen-bond donors (Lipinski definition) is 1. The average Bonchev–Trinajstić information content (AvgIpc) is 3.10. The fourth-order valence-electron chi connectivity index (χ4n) is 4.33. The van der Waals surface area contributed by atoms with E-state index in [2.05, 4.69) is 10.3 Å².